The van der Waals surface area contributed by atoms with Crippen molar-refractivity contribution in [3.8, 4) is 0 Å². The zero-order valence-corrected chi connectivity index (χ0v) is 9.36. The van der Waals surface area contributed by atoms with Crippen LogP contribution in [-0.2, 0) is 6.54 Å². The normalized spacial score (nSPS) is 11.9. The molecule has 0 saturated carbocycles. The van der Waals surface area contributed by atoms with Crippen LogP contribution in [-0.4, -0.2) is 9.91 Å². The van der Waals surface area contributed by atoms with Gasteiger partial charge in [0, 0.05) is 12.7 Å². The molecule has 0 aromatic carbocycles. The molecule has 0 atom stereocenters. The molecule has 0 unspecified atom stereocenters. The molecule has 1 rings (SSSR count). The second-order valence-electron chi connectivity index (χ2n) is 3.11. The molecule has 86 valence electrons. The fourth-order valence-corrected chi connectivity index (χ4v) is 1.08. The van der Waals surface area contributed by atoms with Gasteiger partial charge in [0.15, 0.2) is 0 Å². The van der Waals surface area contributed by atoms with Crippen molar-refractivity contribution in [3.63, 3.8) is 0 Å². The fraction of sp³-hybridized carbons (Fsp3) is 0.222. The van der Waals surface area contributed by atoms with Crippen LogP contribution < -0.4 is 11.1 Å². The van der Waals surface area contributed by atoms with E-state index >= 15 is 0 Å². The Labute approximate surface area is 97.3 Å². The Kier molecular flexibility index (Phi) is 4.07. The number of nitrogens with zero attached hydrogens (tertiary/aromatic N) is 2. The van der Waals surface area contributed by atoms with Crippen molar-refractivity contribution in [1.29, 1.82) is 0 Å². The quantitative estimate of drug-likeness (QED) is 0.471. The summed E-state index contributed by atoms with van der Waals surface area (Å²) in [5, 5.41) is 13.6. The third-order valence-corrected chi connectivity index (χ3v) is 2.15. The largest absolute Gasteiger partial charge is 0.378 e. The van der Waals surface area contributed by atoms with Crippen molar-refractivity contribution in [1.82, 2.24) is 10.3 Å². The van der Waals surface area contributed by atoms with Crippen LogP contribution in [0.5, 0.6) is 0 Å². The topological polar surface area (TPSA) is 94.1 Å². The third kappa shape index (κ3) is 3.39. The predicted molar refractivity (Wildman–Crippen MR) is 60.0 cm³/mol. The summed E-state index contributed by atoms with van der Waals surface area (Å²) in [6, 6.07) is 3.42. The molecular weight excluding hydrogens is 232 g/mol. The predicted octanol–water partition coefficient (Wildman–Crippen LogP) is 1.25. The van der Waals surface area contributed by atoms with Gasteiger partial charge in [-0.25, -0.2) is 4.98 Å². The van der Waals surface area contributed by atoms with Crippen LogP contribution in [0.3, 0.4) is 0 Å². The zero-order valence-electron chi connectivity index (χ0n) is 8.61. The lowest BCUT2D eigenvalue weighted by atomic mass is 10.3. The van der Waals surface area contributed by atoms with Gasteiger partial charge in [0.2, 0.25) is 0 Å². The van der Waals surface area contributed by atoms with Crippen LogP contribution >= 0.6 is 11.6 Å². The maximum Gasteiger partial charge on any atom is 0.332 e. The lowest BCUT2D eigenvalue weighted by molar-refractivity contribution is -0.428. The van der Waals surface area contributed by atoms with E-state index in [4.69, 9.17) is 17.3 Å². The number of allylic oxidation sites excluding steroid dienone is 1. The van der Waals surface area contributed by atoms with E-state index in [1.807, 2.05) is 0 Å². The zero-order chi connectivity index (χ0) is 12.1. The van der Waals surface area contributed by atoms with Gasteiger partial charge in [-0.2, -0.15) is 0 Å². The highest BCUT2D eigenvalue weighted by molar-refractivity contribution is 6.29. The van der Waals surface area contributed by atoms with Gasteiger partial charge in [0.25, 0.3) is 0 Å². The summed E-state index contributed by atoms with van der Waals surface area (Å²) in [7, 11) is 0. The van der Waals surface area contributed by atoms with Crippen LogP contribution in [0.25, 0.3) is 0 Å². The molecule has 0 fully saturated rings. The minimum absolute atomic E-state index is 0.319. The van der Waals surface area contributed by atoms with Gasteiger partial charge in [-0.15, -0.1) is 0 Å². The van der Waals surface area contributed by atoms with Crippen LogP contribution in [0.15, 0.2) is 29.8 Å². The van der Waals surface area contributed by atoms with Gasteiger partial charge < -0.3 is 15.4 Å². The van der Waals surface area contributed by atoms with Crippen molar-refractivity contribution in [3.05, 3.63) is 50.7 Å². The molecular formula is C9H11ClN4O2. The minimum Gasteiger partial charge on any atom is -0.378 e. The van der Waals surface area contributed by atoms with Crippen molar-refractivity contribution in [2.24, 2.45) is 5.73 Å². The molecule has 0 bridgehead atoms. The van der Waals surface area contributed by atoms with Crippen molar-refractivity contribution in [2.75, 3.05) is 0 Å². The summed E-state index contributed by atoms with van der Waals surface area (Å²) in [5.74, 6) is -0.387. The number of hydrogen-bond acceptors (Lipinski definition) is 5. The second-order valence-corrected chi connectivity index (χ2v) is 3.50. The van der Waals surface area contributed by atoms with Gasteiger partial charge in [0.1, 0.15) is 10.9 Å². The van der Waals surface area contributed by atoms with Crippen LogP contribution in [0.1, 0.15) is 12.5 Å². The lowest BCUT2D eigenvalue weighted by Crippen LogP contribution is -2.20. The maximum atomic E-state index is 10.3. The van der Waals surface area contributed by atoms with E-state index in [1.165, 1.54) is 0 Å². The van der Waals surface area contributed by atoms with E-state index in [0.29, 0.717) is 17.4 Å². The van der Waals surface area contributed by atoms with Crippen LogP contribution in [0, 0.1) is 10.1 Å². The Balaban J connectivity index is 2.61. The molecule has 7 heteroatoms. The molecule has 0 aliphatic rings. The first-order valence-corrected chi connectivity index (χ1v) is 4.83. The van der Waals surface area contributed by atoms with Gasteiger partial charge in [-0.05, 0) is 23.5 Å². The van der Waals surface area contributed by atoms with E-state index in [9.17, 15) is 10.1 Å². The van der Waals surface area contributed by atoms with E-state index in [2.05, 4.69) is 10.3 Å². The number of hydrogen-bond donors (Lipinski definition) is 2. The third-order valence-electron chi connectivity index (χ3n) is 1.93. The molecule has 16 heavy (non-hydrogen) atoms. The monoisotopic (exact) mass is 242 g/mol. The number of nitro groups is 1. The van der Waals surface area contributed by atoms with Crippen molar-refractivity contribution >= 4 is 11.6 Å². The fourth-order valence-electron chi connectivity index (χ4n) is 0.973. The SMILES string of the molecule is CC(NCc1ccc(Cl)nc1)=C(N)[N+](=O)[O-]. The van der Waals surface area contributed by atoms with Gasteiger partial charge in [0.05, 0.1) is 0 Å². The molecule has 3 N–H and O–H groups in total. The number of rotatable bonds is 4. The Morgan fingerprint density at radius 3 is 2.88 bits per heavy atom. The highest BCUT2D eigenvalue weighted by Crippen LogP contribution is 2.05. The molecule has 0 amide bonds. The minimum atomic E-state index is -0.636. The highest BCUT2D eigenvalue weighted by Gasteiger charge is 2.06. The lowest BCUT2D eigenvalue weighted by Gasteiger charge is -2.06. The number of aromatic nitrogens is 1. The first-order valence-electron chi connectivity index (χ1n) is 4.45. The average Bonchev–Trinajstić information content (AvgIpc) is 2.26. The molecule has 0 aliphatic carbocycles. The molecule has 0 saturated heterocycles. The van der Waals surface area contributed by atoms with Crippen molar-refractivity contribution < 1.29 is 4.92 Å². The molecule has 1 aromatic rings. The first kappa shape index (κ1) is 12.3. The van der Waals surface area contributed by atoms with E-state index in [-0.39, 0.29) is 5.82 Å². The van der Waals surface area contributed by atoms with Crippen LogP contribution in [0.4, 0.5) is 0 Å². The summed E-state index contributed by atoms with van der Waals surface area (Å²) >= 11 is 5.62. The summed E-state index contributed by atoms with van der Waals surface area (Å²) in [6.45, 7) is 1.95. The van der Waals surface area contributed by atoms with E-state index < -0.39 is 4.92 Å². The number of nitrogens with two attached hydrogens (primary N) is 1. The van der Waals surface area contributed by atoms with E-state index in [1.54, 1.807) is 25.3 Å². The maximum absolute atomic E-state index is 10.3. The molecule has 0 aliphatic heterocycles. The second kappa shape index (κ2) is 5.32. The average molecular weight is 243 g/mol. The van der Waals surface area contributed by atoms with Gasteiger partial charge in [-0.3, -0.25) is 5.73 Å². The Morgan fingerprint density at radius 1 is 1.69 bits per heavy atom. The van der Waals surface area contributed by atoms with Crippen LogP contribution in [0.2, 0.25) is 5.15 Å². The smallest absolute Gasteiger partial charge is 0.332 e. The van der Waals surface area contributed by atoms with Gasteiger partial charge >= 0.3 is 5.82 Å². The Bertz CT molecular complexity index is 416. The molecule has 0 spiro atoms. The summed E-state index contributed by atoms with van der Waals surface area (Å²) in [5.41, 5.74) is 6.41. The summed E-state index contributed by atoms with van der Waals surface area (Å²) < 4.78 is 0. The van der Waals surface area contributed by atoms with E-state index in [0.717, 1.165) is 5.56 Å². The van der Waals surface area contributed by atoms with Crippen molar-refractivity contribution in [2.45, 2.75) is 13.5 Å². The summed E-state index contributed by atoms with van der Waals surface area (Å²) in [6.07, 6.45) is 1.59. The number of pyridine rings is 1. The highest BCUT2D eigenvalue weighted by atomic mass is 35.5. The number of nitrogens with one attached hydrogen (secondary N) is 1. The number of halogens is 1. The Morgan fingerprint density at radius 2 is 2.38 bits per heavy atom. The standard InChI is InChI=1S/C9H11ClN4O2/c1-6(9(11)14(15)16)12-4-7-2-3-8(10)13-5-7/h2-3,5,12H,4,11H2,1H3. The molecule has 1 heterocycles. The molecule has 6 nitrogen and oxygen atoms in total. The first-order chi connectivity index (χ1) is 7.50. The summed E-state index contributed by atoms with van der Waals surface area (Å²) in [4.78, 5) is 13.6. The molecule has 1 aromatic heterocycles. The Hall–Kier alpha value is -1.82. The molecule has 0 radical (unpaired) electrons. The van der Waals surface area contributed by atoms with Gasteiger partial charge in [-0.1, -0.05) is 17.7 Å².